The zero-order valence-electron chi connectivity index (χ0n) is 10.5. The minimum atomic E-state index is 0.251. The normalized spacial score (nSPS) is 14.7. The first kappa shape index (κ1) is 13.3. The average molecular weight is 262 g/mol. The van der Waals surface area contributed by atoms with E-state index in [-0.39, 0.29) is 5.78 Å². The molecular formula is C14H18N2OS. The topological polar surface area (TPSA) is 44.1 Å². The Labute approximate surface area is 112 Å². The van der Waals surface area contributed by atoms with Gasteiger partial charge in [0.15, 0.2) is 5.78 Å². The third-order valence-electron chi connectivity index (χ3n) is 3.22. The summed E-state index contributed by atoms with van der Waals surface area (Å²) in [6.45, 7) is 1.80. The molecule has 0 amide bonds. The van der Waals surface area contributed by atoms with Gasteiger partial charge < -0.3 is 0 Å². The van der Waals surface area contributed by atoms with Crippen molar-refractivity contribution < 1.29 is 4.79 Å². The summed E-state index contributed by atoms with van der Waals surface area (Å²) < 4.78 is 0. The van der Waals surface area contributed by atoms with Gasteiger partial charge in [0.05, 0.1) is 10.9 Å². The van der Waals surface area contributed by atoms with E-state index in [0.29, 0.717) is 18.9 Å². The number of carbonyl (C=O) groups is 1. The van der Waals surface area contributed by atoms with Gasteiger partial charge in [0.2, 0.25) is 0 Å². The van der Waals surface area contributed by atoms with Gasteiger partial charge in [0.25, 0.3) is 0 Å². The van der Waals surface area contributed by atoms with Crippen molar-refractivity contribution in [3.63, 3.8) is 0 Å². The zero-order valence-corrected chi connectivity index (χ0v) is 11.3. The molecule has 0 N–H and O–H groups in total. The van der Waals surface area contributed by atoms with Crippen molar-refractivity contribution in [3.8, 4) is 6.07 Å². The largest absolute Gasteiger partial charge is 0.299 e. The van der Waals surface area contributed by atoms with Crippen LogP contribution in [0.2, 0.25) is 0 Å². The molecule has 0 bridgehead atoms. The maximum atomic E-state index is 11.8. The lowest BCUT2D eigenvalue weighted by molar-refractivity contribution is 0.0978. The smallest absolute Gasteiger partial charge is 0.172 e. The van der Waals surface area contributed by atoms with Crippen molar-refractivity contribution in [1.29, 1.82) is 5.26 Å². The molecule has 1 heterocycles. The van der Waals surface area contributed by atoms with Gasteiger partial charge in [-0.3, -0.25) is 9.69 Å². The highest BCUT2D eigenvalue weighted by Crippen LogP contribution is 2.27. The summed E-state index contributed by atoms with van der Waals surface area (Å²) in [5.74, 6) is 0.251. The van der Waals surface area contributed by atoms with Crippen LogP contribution in [-0.2, 0) is 0 Å². The Morgan fingerprint density at radius 1 is 1.50 bits per heavy atom. The van der Waals surface area contributed by atoms with Crippen LogP contribution in [0.4, 0.5) is 0 Å². The van der Waals surface area contributed by atoms with Gasteiger partial charge in [-0.2, -0.15) is 5.26 Å². The lowest BCUT2D eigenvalue weighted by Crippen LogP contribution is -2.28. The Hall–Kier alpha value is -1.18. The molecule has 1 fully saturated rings. The zero-order chi connectivity index (χ0) is 12.8. The molecule has 0 radical (unpaired) electrons. The van der Waals surface area contributed by atoms with E-state index in [4.69, 9.17) is 5.26 Å². The number of nitriles is 1. The van der Waals surface area contributed by atoms with Gasteiger partial charge in [-0.25, -0.2) is 0 Å². The van der Waals surface area contributed by atoms with Crippen molar-refractivity contribution in [3.05, 3.63) is 22.4 Å². The quantitative estimate of drug-likeness (QED) is 0.676. The number of nitrogens with zero attached hydrogens (tertiary/aromatic N) is 2. The summed E-state index contributed by atoms with van der Waals surface area (Å²) in [5, 5.41) is 10.6. The predicted molar refractivity (Wildman–Crippen MR) is 72.7 cm³/mol. The van der Waals surface area contributed by atoms with Crippen LogP contribution < -0.4 is 0 Å². The van der Waals surface area contributed by atoms with Gasteiger partial charge in [0.1, 0.15) is 0 Å². The maximum Gasteiger partial charge on any atom is 0.172 e. The summed E-state index contributed by atoms with van der Waals surface area (Å²) in [7, 11) is 0. The van der Waals surface area contributed by atoms with Crippen molar-refractivity contribution in [2.45, 2.75) is 38.1 Å². The van der Waals surface area contributed by atoms with E-state index >= 15 is 0 Å². The lowest BCUT2D eigenvalue weighted by Gasteiger charge is -2.20. The number of Topliss-reactive ketones (excluding diaryl/α,β-unsaturated/α-hetero) is 1. The van der Waals surface area contributed by atoms with Crippen molar-refractivity contribution >= 4 is 17.1 Å². The highest BCUT2D eigenvalue weighted by molar-refractivity contribution is 7.12. The first-order chi connectivity index (χ1) is 8.81. The van der Waals surface area contributed by atoms with Crippen LogP contribution in [0.25, 0.3) is 0 Å². The Balaban J connectivity index is 1.70. The van der Waals surface area contributed by atoms with E-state index in [0.717, 1.165) is 24.4 Å². The van der Waals surface area contributed by atoms with E-state index in [1.54, 1.807) is 0 Å². The minimum absolute atomic E-state index is 0.251. The number of rotatable bonds is 8. The van der Waals surface area contributed by atoms with Crippen LogP contribution >= 0.6 is 11.3 Å². The van der Waals surface area contributed by atoms with E-state index in [1.165, 1.54) is 24.2 Å². The summed E-state index contributed by atoms with van der Waals surface area (Å²) in [6, 6.07) is 6.68. The molecule has 18 heavy (non-hydrogen) atoms. The molecule has 0 aromatic carbocycles. The monoisotopic (exact) mass is 262 g/mol. The fraction of sp³-hybridized carbons (Fsp3) is 0.571. The van der Waals surface area contributed by atoms with Crippen LogP contribution in [-0.4, -0.2) is 29.8 Å². The minimum Gasteiger partial charge on any atom is -0.299 e. The van der Waals surface area contributed by atoms with Gasteiger partial charge in [0, 0.05) is 25.4 Å². The Kier molecular flexibility index (Phi) is 4.91. The molecule has 0 saturated heterocycles. The second kappa shape index (κ2) is 6.67. The Morgan fingerprint density at radius 3 is 2.94 bits per heavy atom. The molecule has 96 valence electrons. The Bertz CT molecular complexity index is 418. The lowest BCUT2D eigenvalue weighted by atomic mass is 10.2. The molecule has 1 aromatic rings. The third kappa shape index (κ3) is 3.94. The molecular weight excluding hydrogens is 244 g/mol. The van der Waals surface area contributed by atoms with E-state index in [2.05, 4.69) is 11.0 Å². The van der Waals surface area contributed by atoms with E-state index in [9.17, 15) is 4.79 Å². The molecule has 0 spiro atoms. The fourth-order valence-corrected chi connectivity index (χ4v) is 2.81. The van der Waals surface area contributed by atoms with Crippen molar-refractivity contribution in [1.82, 2.24) is 4.90 Å². The standard InChI is InChI=1S/C14H18N2OS/c15-8-3-10-16(12-6-7-12)9-1-4-13(17)14-5-2-11-18-14/h2,5,11-12H,1,3-4,6-7,9-10H2. The number of hydrogen-bond donors (Lipinski definition) is 0. The van der Waals surface area contributed by atoms with Crippen molar-refractivity contribution in [2.24, 2.45) is 0 Å². The molecule has 3 nitrogen and oxygen atoms in total. The average Bonchev–Trinajstić information content (AvgIpc) is 3.07. The second-order valence-corrected chi connectivity index (χ2v) is 5.63. The predicted octanol–water partition coefficient (Wildman–Crippen LogP) is 3.09. The number of thiophene rings is 1. The Morgan fingerprint density at radius 2 is 2.33 bits per heavy atom. The summed E-state index contributed by atoms with van der Waals surface area (Å²) in [6.07, 6.45) is 4.62. The highest BCUT2D eigenvalue weighted by Gasteiger charge is 2.28. The maximum absolute atomic E-state index is 11.8. The van der Waals surface area contributed by atoms with Gasteiger partial charge in [-0.05, 0) is 37.3 Å². The molecule has 2 rings (SSSR count). The van der Waals surface area contributed by atoms with Crippen LogP contribution in [0.5, 0.6) is 0 Å². The van der Waals surface area contributed by atoms with Crippen LogP contribution in [0.3, 0.4) is 0 Å². The van der Waals surface area contributed by atoms with Crippen LogP contribution in [0.1, 0.15) is 41.8 Å². The number of carbonyl (C=O) groups excluding carboxylic acids is 1. The molecule has 1 saturated carbocycles. The molecule has 1 aliphatic rings. The third-order valence-corrected chi connectivity index (χ3v) is 4.13. The molecule has 0 atom stereocenters. The van der Waals surface area contributed by atoms with Crippen molar-refractivity contribution in [2.75, 3.05) is 13.1 Å². The first-order valence-corrected chi connectivity index (χ1v) is 7.37. The molecule has 0 aliphatic heterocycles. The van der Waals surface area contributed by atoms with E-state index < -0.39 is 0 Å². The van der Waals surface area contributed by atoms with Gasteiger partial charge in [-0.1, -0.05) is 6.07 Å². The SMILES string of the molecule is N#CCCN(CCCC(=O)c1cccs1)C1CC1. The number of ketones is 1. The van der Waals surface area contributed by atoms with Crippen LogP contribution in [0.15, 0.2) is 17.5 Å². The summed E-state index contributed by atoms with van der Waals surface area (Å²) >= 11 is 1.52. The molecule has 1 aromatic heterocycles. The first-order valence-electron chi connectivity index (χ1n) is 6.49. The molecule has 4 heteroatoms. The van der Waals surface area contributed by atoms with Gasteiger partial charge >= 0.3 is 0 Å². The summed E-state index contributed by atoms with van der Waals surface area (Å²) in [4.78, 5) is 15.1. The molecule has 1 aliphatic carbocycles. The fourth-order valence-electron chi connectivity index (χ4n) is 2.11. The van der Waals surface area contributed by atoms with Gasteiger partial charge in [-0.15, -0.1) is 11.3 Å². The second-order valence-electron chi connectivity index (χ2n) is 4.68. The van der Waals surface area contributed by atoms with E-state index in [1.807, 2.05) is 17.5 Å². The number of hydrogen-bond acceptors (Lipinski definition) is 4. The summed E-state index contributed by atoms with van der Waals surface area (Å²) in [5.41, 5.74) is 0. The highest BCUT2D eigenvalue weighted by atomic mass is 32.1. The molecule has 0 unspecified atom stereocenters. The van der Waals surface area contributed by atoms with Crippen LogP contribution in [0, 0.1) is 11.3 Å².